The lowest BCUT2D eigenvalue weighted by Crippen LogP contribution is -2.23. The minimum absolute atomic E-state index is 0.224. The van der Waals surface area contributed by atoms with Gasteiger partial charge in [0.2, 0.25) is 0 Å². The SMILES string of the molecule is CC(C)(C)c1ccc(CC(N)CCCc2cccs2)cc1. The molecule has 0 aliphatic rings. The Morgan fingerprint density at radius 1 is 1.10 bits per heavy atom. The second-order valence-electron chi connectivity index (χ2n) is 6.88. The van der Waals surface area contributed by atoms with E-state index in [1.54, 1.807) is 0 Å². The zero-order valence-corrected chi connectivity index (χ0v) is 14.2. The first-order valence-corrected chi connectivity index (χ1v) is 8.70. The summed E-state index contributed by atoms with van der Waals surface area (Å²) >= 11 is 1.84. The summed E-state index contributed by atoms with van der Waals surface area (Å²) in [7, 11) is 0. The highest BCUT2D eigenvalue weighted by atomic mass is 32.1. The van der Waals surface area contributed by atoms with Crippen LogP contribution >= 0.6 is 11.3 Å². The van der Waals surface area contributed by atoms with Crippen LogP contribution in [0.2, 0.25) is 0 Å². The summed E-state index contributed by atoms with van der Waals surface area (Å²) in [5.74, 6) is 0. The van der Waals surface area contributed by atoms with Crippen molar-refractivity contribution in [2.24, 2.45) is 5.73 Å². The van der Waals surface area contributed by atoms with Gasteiger partial charge >= 0.3 is 0 Å². The number of thiophene rings is 1. The zero-order chi connectivity index (χ0) is 15.3. The zero-order valence-electron chi connectivity index (χ0n) is 13.4. The van der Waals surface area contributed by atoms with E-state index in [0.29, 0.717) is 0 Å². The molecule has 0 bridgehead atoms. The van der Waals surface area contributed by atoms with E-state index < -0.39 is 0 Å². The molecule has 0 saturated carbocycles. The Morgan fingerprint density at radius 2 is 1.81 bits per heavy atom. The Kier molecular flexibility index (Phi) is 5.60. The highest BCUT2D eigenvalue weighted by Gasteiger charge is 2.13. The largest absolute Gasteiger partial charge is 0.327 e. The molecular formula is C19H27NS. The van der Waals surface area contributed by atoms with Gasteiger partial charge in [0, 0.05) is 10.9 Å². The van der Waals surface area contributed by atoms with E-state index >= 15 is 0 Å². The van der Waals surface area contributed by atoms with Crippen molar-refractivity contribution in [1.82, 2.24) is 0 Å². The summed E-state index contributed by atoms with van der Waals surface area (Å²) < 4.78 is 0. The van der Waals surface area contributed by atoms with Gasteiger partial charge in [0.05, 0.1) is 0 Å². The van der Waals surface area contributed by atoms with Gasteiger partial charge in [0.25, 0.3) is 0 Å². The monoisotopic (exact) mass is 301 g/mol. The molecule has 0 aliphatic heterocycles. The van der Waals surface area contributed by atoms with Gasteiger partial charge in [-0.25, -0.2) is 0 Å². The number of hydrogen-bond donors (Lipinski definition) is 1. The van der Waals surface area contributed by atoms with Gasteiger partial charge in [-0.2, -0.15) is 0 Å². The third-order valence-electron chi connectivity index (χ3n) is 3.90. The first-order valence-electron chi connectivity index (χ1n) is 7.82. The van der Waals surface area contributed by atoms with Gasteiger partial charge in [-0.1, -0.05) is 51.1 Å². The van der Waals surface area contributed by atoms with E-state index in [9.17, 15) is 0 Å². The first kappa shape index (κ1) is 16.3. The summed E-state index contributed by atoms with van der Waals surface area (Å²) in [5.41, 5.74) is 9.24. The molecule has 0 fully saturated rings. The van der Waals surface area contributed by atoms with Crippen molar-refractivity contribution in [2.75, 3.05) is 0 Å². The molecule has 1 heterocycles. The van der Waals surface area contributed by atoms with E-state index in [-0.39, 0.29) is 11.5 Å². The number of benzene rings is 1. The van der Waals surface area contributed by atoms with E-state index in [1.165, 1.54) is 22.4 Å². The summed E-state index contributed by atoms with van der Waals surface area (Å²) in [6, 6.07) is 13.6. The molecule has 1 unspecified atom stereocenters. The van der Waals surface area contributed by atoms with Crippen LogP contribution in [0, 0.1) is 0 Å². The molecule has 1 nitrogen and oxygen atoms in total. The Hall–Kier alpha value is -1.12. The Labute approximate surface area is 133 Å². The Bertz CT molecular complexity index is 520. The number of rotatable bonds is 6. The molecule has 0 radical (unpaired) electrons. The molecule has 0 aliphatic carbocycles. The highest BCUT2D eigenvalue weighted by molar-refractivity contribution is 7.09. The van der Waals surface area contributed by atoms with Crippen molar-refractivity contribution in [1.29, 1.82) is 0 Å². The lowest BCUT2D eigenvalue weighted by Gasteiger charge is -2.19. The predicted molar refractivity (Wildman–Crippen MR) is 94.1 cm³/mol. The molecule has 2 heteroatoms. The molecule has 0 amide bonds. The van der Waals surface area contributed by atoms with Gasteiger partial charge < -0.3 is 5.73 Å². The highest BCUT2D eigenvalue weighted by Crippen LogP contribution is 2.22. The van der Waals surface area contributed by atoms with E-state index in [2.05, 4.69) is 62.5 Å². The van der Waals surface area contributed by atoms with Gasteiger partial charge in [-0.3, -0.25) is 0 Å². The molecule has 1 atom stereocenters. The second kappa shape index (κ2) is 7.24. The maximum Gasteiger partial charge on any atom is 0.00794 e. The van der Waals surface area contributed by atoms with E-state index in [4.69, 9.17) is 5.73 Å². The van der Waals surface area contributed by atoms with Crippen LogP contribution < -0.4 is 5.73 Å². The maximum atomic E-state index is 6.27. The van der Waals surface area contributed by atoms with Crippen LogP contribution in [0.5, 0.6) is 0 Å². The topological polar surface area (TPSA) is 26.0 Å². The first-order chi connectivity index (χ1) is 9.95. The molecule has 1 aromatic carbocycles. The fraction of sp³-hybridized carbons (Fsp3) is 0.474. The van der Waals surface area contributed by atoms with Gasteiger partial charge in [0.15, 0.2) is 0 Å². The molecule has 2 rings (SSSR count). The van der Waals surface area contributed by atoms with Crippen LogP contribution in [0.15, 0.2) is 41.8 Å². The van der Waals surface area contributed by atoms with Crippen LogP contribution in [0.4, 0.5) is 0 Å². The summed E-state index contributed by atoms with van der Waals surface area (Å²) in [4.78, 5) is 1.47. The molecule has 2 aromatic rings. The molecule has 21 heavy (non-hydrogen) atoms. The Morgan fingerprint density at radius 3 is 2.38 bits per heavy atom. The van der Waals surface area contributed by atoms with Crippen molar-refractivity contribution in [3.05, 3.63) is 57.8 Å². The van der Waals surface area contributed by atoms with Gasteiger partial charge in [0.1, 0.15) is 0 Å². The third-order valence-corrected chi connectivity index (χ3v) is 4.83. The van der Waals surface area contributed by atoms with Crippen molar-refractivity contribution in [3.63, 3.8) is 0 Å². The number of hydrogen-bond acceptors (Lipinski definition) is 2. The molecule has 1 aromatic heterocycles. The lowest BCUT2D eigenvalue weighted by molar-refractivity contribution is 0.578. The molecule has 0 saturated heterocycles. The van der Waals surface area contributed by atoms with E-state index in [0.717, 1.165) is 19.3 Å². The second-order valence-corrected chi connectivity index (χ2v) is 7.91. The Balaban J connectivity index is 1.78. The predicted octanol–water partition coefficient (Wildman–Crippen LogP) is 4.94. The smallest absolute Gasteiger partial charge is 0.00794 e. The minimum atomic E-state index is 0.224. The van der Waals surface area contributed by atoms with Crippen LogP contribution in [0.25, 0.3) is 0 Å². The fourth-order valence-electron chi connectivity index (χ4n) is 2.54. The lowest BCUT2D eigenvalue weighted by atomic mass is 9.86. The number of aryl methyl sites for hydroxylation is 1. The minimum Gasteiger partial charge on any atom is -0.327 e. The standard InChI is InChI=1S/C19H27NS/c1-19(2,3)16-11-9-15(10-12-16)14-17(20)6-4-7-18-8-5-13-21-18/h5,8-13,17H,4,6-7,14,20H2,1-3H3. The number of nitrogens with two attached hydrogens (primary N) is 1. The van der Waals surface area contributed by atoms with Crippen LogP contribution in [0.1, 0.15) is 49.6 Å². The quantitative estimate of drug-likeness (QED) is 0.803. The van der Waals surface area contributed by atoms with Gasteiger partial charge in [-0.05, 0) is 53.7 Å². The van der Waals surface area contributed by atoms with E-state index in [1.807, 2.05) is 11.3 Å². The summed E-state index contributed by atoms with van der Waals surface area (Å²) in [5, 5.41) is 2.14. The van der Waals surface area contributed by atoms with Crippen molar-refractivity contribution in [3.8, 4) is 0 Å². The fourth-order valence-corrected chi connectivity index (χ4v) is 3.29. The molecule has 114 valence electrons. The van der Waals surface area contributed by atoms with Crippen molar-refractivity contribution >= 4 is 11.3 Å². The van der Waals surface area contributed by atoms with Gasteiger partial charge in [-0.15, -0.1) is 11.3 Å². The average Bonchev–Trinajstić information content (AvgIpc) is 2.91. The molecular weight excluding hydrogens is 274 g/mol. The van der Waals surface area contributed by atoms with Crippen LogP contribution in [0.3, 0.4) is 0 Å². The average molecular weight is 301 g/mol. The maximum absolute atomic E-state index is 6.27. The summed E-state index contributed by atoms with van der Waals surface area (Å²) in [6.45, 7) is 6.74. The summed E-state index contributed by atoms with van der Waals surface area (Å²) in [6.07, 6.45) is 4.42. The van der Waals surface area contributed by atoms with Crippen molar-refractivity contribution < 1.29 is 0 Å². The normalized spacial score (nSPS) is 13.3. The molecule has 2 N–H and O–H groups in total. The third kappa shape index (κ3) is 5.29. The van der Waals surface area contributed by atoms with Crippen LogP contribution in [-0.4, -0.2) is 6.04 Å². The van der Waals surface area contributed by atoms with Crippen molar-refractivity contribution in [2.45, 2.75) is 57.9 Å². The molecule has 0 spiro atoms. The van der Waals surface area contributed by atoms with Crippen LogP contribution in [-0.2, 0) is 18.3 Å².